The highest BCUT2D eigenvalue weighted by Gasteiger charge is 2.60. The minimum absolute atomic E-state index is 0.000438. The summed E-state index contributed by atoms with van der Waals surface area (Å²) in [5.74, 6) is -1.14. The number of aromatic nitrogens is 4. The van der Waals surface area contributed by atoms with Gasteiger partial charge in [0, 0.05) is 13.8 Å². The lowest BCUT2D eigenvalue weighted by Crippen LogP contribution is -2.54. The summed E-state index contributed by atoms with van der Waals surface area (Å²) in [7, 11) is 0. The second-order valence-corrected chi connectivity index (χ2v) is 8.67. The lowest BCUT2D eigenvalue weighted by molar-refractivity contribution is -0.193. The number of ether oxygens (including phenoxy) is 4. The summed E-state index contributed by atoms with van der Waals surface area (Å²) < 4.78 is 25.7. The fraction of sp³-hybridized carbons (Fsp3) is 0.435. The van der Waals surface area contributed by atoms with Crippen LogP contribution in [0.25, 0.3) is 11.2 Å². The van der Waals surface area contributed by atoms with Gasteiger partial charge < -0.3 is 18.9 Å². The first-order valence-electron chi connectivity index (χ1n) is 11.2. The molecule has 1 amide bonds. The standard InChI is InChI=1S/C23H25N5O7/c1-13(29)25-22-26-19-17(20(31)27-22)24-12-28(19)21-16-9-32-10-23(35-21,11-34-14(2)30)18(16)33-8-15-6-4-3-5-7-15/h3-7,12,16,18,21H,8-11H2,1-2H3,(H2,25,26,27,29,31). The van der Waals surface area contributed by atoms with E-state index in [1.54, 1.807) is 4.57 Å². The topological polar surface area (TPSA) is 147 Å². The van der Waals surface area contributed by atoms with Crippen molar-refractivity contribution in [1.29, 1.82) is 0 Å². The number of rotatable bonds is 7. The first-order chi connectivity index (χ1) is 16.9. The maximum Gasteiger partial charge on any atom is 0.302 e. The molecule has 0 aliphatic carbocycles. The Morgan fingerprint density at radius 2 is 2.09 bits per heavy atom. The Kier molecular flexibility index (Phi) is 6.09. The molecule has 12 heteroatoms. The maximum atomic E-state index is 12.5. The van der Waals surface area contributed by atoms with Gasteiger partial charge in [0.15, 0.2) is 16.8 Å². The van der Waals surface area contributed by atoms with Crippen LogP contribution >= 0.6 is 0 Å². The highest BCUT2D eigenvalue weighted by molar-refractivity contribution is 5.87. The monoisotopic (exact) mass is 483 g/mol. The van der Waals surface area contributed by atoms with Gasteiger partial charge in [0.25, 0.3) is 5.56 Å². The van der Waals surface area contributed by atoms with Crippen molar-refractivity contribution in [1.82, 2.24) is 19.5 Å². The summed E-state index contributed by atoms with van der Waals surface area (Å²) in [6.07, 6.45) is 0.317. The summed E-state index contributed by atoms with van der Waals surface area (Å²) >= 11 is 0. The zero-order valence-corrected chi connectivity index (χ0v) is 19.2. The van der Waals surface area contributed by atoms with Gasteiger partial charge in [-0.3, -0.25) is 29.3 Å². The summed E-state index contributed by atoms with van der Waals surface area (Å²) in [5, 5.41) is 2.48. The summed E-state index contributed by atoms with van der Waals surface area (Å²) in [5.41, 5.74) is -0.243. The number of imidazole rings is 1. The first kappa shape index (κ1) is 23.1. The van der Waals surface area contributed by atoms with Gasteiger partial charge in [-0.05, 0) is 5.56 Å². The van der Waals surface area contributed by atoms with Crippen LogP contribution in [0, 0.1) is 5.92 Å². The average molecular weight is 483 g/mol. The third kappa shape index (κ3) is 4.43. The van der Waals surface area contributed by atoms with Gasteiger partial charge >= 0.3 is 5.97 Å². The highest BCUT2D eigenvalue weighted by atomic mass is 16.6. The van der Waals surface area contributed by atoms with Crippen molar-refractivity contribution in [2.45, 2.75) is 38.4 Å². The lowest BCUT2D eigenvalue weighted by Gasteiger charge is -2.37. The number of fused-ring (bicyclic) bond motifs is 3. The number of carbonyl (C=O) groups excluding carboxylic acids is 2. The molecule has 2 fully saturated rings. The second kappa shape index (κ2) is 9.21. The molecule has 2 aromatic heterocycles. The molecule has 2 aliphatic rings. The van der Waals surface area contributed by atoms with Crippen LogP contribution in [0.4, 0.5) is 5.95 Å². The van der Waals surface area contributed by atoms with Crippen molar-refractivity contribution in [3.8, 4) is 0 Å². The Balaban J connectivity index is 1.51. The number of H-pyrrole nitrogens is 1. The van der Waals surface area contributed by atoms with Gasteiger partial charge in [0.2, 0.25) is 11.9 Å². The average Bonchev–Trinajstić information content (AvgIpc) is 3.31. The SMILES string of the molecule is CC(=O)Nc1nc2c(ncn2C2OC3(COC(C)=O)COCC2C3OCc2ccccc2)c(=O)[nH]1. The molecule has 0 spiro atoms. The smallest absolute Gasteiger partial charge is 0.302 e. The van der Waals surface area contributed by atoms with Crippen molar-refractivity contribution < 1.29 is 28.5 Å². The quantitative estimate of drug-likeness (QED) is 0.472. The van der Waals surface area contributed by atoms with Crippen LogP contribution in [0.2, 0.25) is 0 Å². The fourth-order valence-corrected chi connectivity index (χ4v) is 4.61. The number of hydrogen-bond acceptors (Lipinski definition) is 9. The van der Waals surface area contributed by atoms with Gasteiger partial charge in [-0.15, -0.1) is 0 Å². The zero-order chi connectivity index (χ0) is 24.6. The van der Waals surface area contributed by atoms with E-state index in [-0.39, 0.29) is 42.2 Å². The van der Waals surface area contributed by atoms with E-state index in [9.17, 15) is 14.4 Å². The number of nitrogens with one attached hydrogen (secondary N) is 2. The lowest BCUT2D eigenvalue weighted by atomic mass is 9.88. The van der Waals surface area contributed by atoms with Crippen LogP contribution in [0.3, 0.4) is 0 Å². The number of nitrogens with zero attached hydrogens (tertiary/aromatic N) is 3. The Morgan fingerprint density at radius 3 is 2.83 bits per heavy atom. The van der Waals surface area contributed by atoms with Crippen molar-refractivity contribution in [3.63, 3.8) is 0 Å². The van der Waals surface area contributed by atoms with Crippen LogP contribution in [-0.4, -0.2) is 62.9 Å². The molecule has 184 valence electrons. The molecule has 2 saturated heterocycles. The molecule has 2 aliphatic heterocycles. The minimum atomic E-state index is -1.06. The van der Waals surface area contributed by atoms with E-state index in [4.69, 9.17) is 18.9 Å². The van der Waals surface area contributed by atoms with E-state index >= 15 is 0 Å². The Hall–Kier alpha value is -3.61. The minimum Gasteiger partial charge on any atom is -0.463 e. The van der Waals surface area contributed by atoms with Crippen molar-refractivity contribution >= 4 is 29.0 Å². The van der Waals surface area contributed by atoms with E-state index in [1.807, 2.05) is 30.3 Å². The Bertz CT molecular complexity index is 1310. The van der Waals surface area contributed by atoms with Crippen LogP contribution in [-0.2, 0) is 35.1 Å². The van der Waals surface area contributed by atoms with E-state index < -0.39 is 29.5 Å². The molecule has 3 aromatic rings. The molecule has 1 aromatic carbocycles. The zero-order valence-electron chi connectivity index (χ0n) is 19.2. The molecular formula is C23H25N5O7. The van der Waals surface area contributed by atoms with Gasteiger partial charge in [-0.1, -0.05) is 30.3 Å². The molecule has 0 saturated carbocycles. The van der Waals surface area contributed by atoms with Crippen molar-refractivity contribution in [2.24, 2.45) is 5.92 Å². The predicted molar refractivity (Wildman–Crippen MR) is 121 cm³/mol. The largest absolute Gasteiger partial charge is 0.463 e. The number of anilines is 1. The van der Waals surface area contributed by atoms with E-state index in [0.29, 0.717) is 13.2 Å². The first-order valence-corrected chi connectivity index (χ1v) is 11.2. The van der Waals surface area contributed by atoms with Crippen molar-refractivity contribution in [2.75, 3.05) is 25.1 Å². The van der Waals surface area contributed by atoms with Gasteiger partial charge in [-0.2, -0.15) is 4.98 Å². The number of aromatic amines is 1. The summed E-state index contributed by atoms with van der Waals surface area (Å²) in [6.45, 7) is 3.38. The summed E-state index contributed by atoms with van der Waals surface area (Å²) in [4.78, 5) is 46.7. The van der Waals surface area contributed by atoms with Gasteiger partial charge in [0.1, 0.15) is 18.9 Å². The second-order valence-electron chi connectivity index (χ2n) is 8.67. The van der Waals surface area contributed by atoms with Crippen LogP contribution < -0.4 is 10.9 Å². The van der Waals surface area contributed by atoms with Crippen LogP contribution in [0.1, 0.15) is 25.6 Å². The molecule has 12 nitrogen and oxygen atoms in total. The van der Waals surface area contributed by atoms with Gasteiger partial charge in [0.05, 0.1) is 32.1 Å². The predicted octanol–water partition coefficient (Wildman–Crippen LogP) is 1.14. The molecule has 4 heterocycles. The molecule has 5 rings (SSSR count). The van der Waals surface area contributed by atoms with E-state index in [0.717, 1.165) is 5.56 Å². The third-order valence-electron chi connectivity index (χ3n) is 6.08. The fourth-order valence-electron chi connectivity index (χ4n) is 4.61. The normalized spacial score (nSPS) is 25.5. The molecule has 2 bridgehead atoms. The molecule has 0 radical (unpaired) electrons. The number of esters is 1. The third-order valence-corrected chi connectivity index (χ3v) is 6.08. The number of amides is 1. The molecule has 35 heavy (non-hydrogen) atoms. The van der Waals surface area contributed by atoms with E-state index in [1.165, 1.54) is 20.2 Å². The van der Waals surface area contributed by atoms with E-state index in [2.05, 4.69) is 20.3 Å². The van der Waals surface area contributed by atoms with Crippen LogP contribution in [0.5, 0.6) is 0 Å². The molecular weight excluding hydrogens is 458 g/mol. The van der Waals surface area contributed by atoms with Gasteiger partial charge in [-0.25, -0.2) is 4.98 Å². The number of hydrogen-bond donors (Lipinski definition) is 2. The highest BCUT2D eigenvalue weighted by Crippen LogP contribution is 2.47. The summed E-state index contributed by atoms with van der Waals surface area (Å²) in [6, 6.07) is 9.71. The Labute approximate surface area is 199 Å². The molecule has 4 atom stereocenters. The maximum absolute atomic E-state index is 12.5. The Morgan fingerprint density at radius 1 is 1.29 bits per heavy atom. The molecule has 2 N–H and O–H groups in total. The van der Waals surface area contributed by atoms with Crippen molar-refractivity contribution in [3.05, 3.63) is 52.6 Å². The molecule has 4 unspecified atom stereocenters. The number of benzene rings is 1. The van der Waals surface area contributed by atoms with Crippen LogP contribution in [0.15, 0.2) is 41.5 Å². The number of carbonyl (C=O) groups is 2.